The first kappa shape index (κ1) is 11.9. The average molecular weight is 251 g/mol. The molecule has 0 amide bonds. The molecule has 2 rings (SSSR count). The number of benzene rings is 1. The summed E-state index contributed by atoms with van der Waals surface area (Å²) in [6, 6.07) is 7.18. The molecule has 1 heterocycles. The van der Waals surface area contributed by atoms with Gasteiger partial charge >= 0.3 is 5.97 Å². The molecule has 0 saturated heterocycles. The second-order valence-corrected chi connectivity index (χ2v) is 5.11. The molecule has 0 aliphatic carbocycles. The van der Waals surface area contributed by atoms with Gasteiger partial charge in [0.25, 0.3) is 5.56 Å². The van der Waals surface area contributed by atoms with Crippen molar-refractivity contribution in [3.63, 3.8) is 0 Å². The van der Waals surface area contributed by atoms with Crippen LogP contribution in [0.3, 0.4) is 0 Å². The van der Waals surface area contributed by atoms with Crippen molar-refractivity contribution in [1.82, 2.24) is 3.96 Å². The van der Waals surface area contributed by atoms with Gasteiger partial charge in [-0.05, 0) is 25.5 Å². The zero-order valence-corrected chi connectivity index (χ0v) is 10.5. The topological polar surface area (TPSA) is 59.3 Å². The zero-order valence-electron chi connectivity index (χ0n) is 9.64. The highest BCUT2D eigenvalue weighted by Crippen LogP contribution is 2.26. The maximum atomic E-state index is 12.1. The molecule has 4 nitrogen and oxygen atoms in total. The molecule has 2 aromatic rings. The van der Waals surface area contributed by atoms with Crippen molar-refractivity contribution in [1.29, 1.82) is 0 Å². The number of carbonyl (C=O) groups is 1. The summed E-state index contributed by atoms with van der Waals surface area (Å²) in [5.41, 5.74) is -1.39. The van der Waals surface area contributed by atoms with Gasteiger partial charge < -0.3 is 5.11 Å². The van der Waals surface area contributed by atoms with Crippen LogP contribution in [0.5, 0.6) is 0 Å². The molecular formula is C12H13NO3S. The Hall–Kier alpha value is -1.62. The molecule has 0 bridgehead atoms. The number of carboxylic acid groups (broad SMARTS) is 1. The Morgan fingerprint density at radius 3 is 2.65 bits per heavy atom. The molecule has 0 spiro atoms. The summed E-state index contributed by atoms with van der Waals surface area (Å²) in [5.74, 6) is -0.978. The Balaban J connectivity index is 2.76. The third-order valence-corrected chi connectivity index (χ3v) is 4.39. The van der Waals surface area contributed by atoms with E-state index in [0.717, 1.165) is 4.70 Å². The number of fused-ring (bicyclic) bond motifs is 1. The van der Waals surface area contributed by atoms with Gasteiger partial charge in [0.05, 0.1) is 10.1 Å². The van der Waals surface area contributed by atoms with E-state index in [2.05, 4.69) is 0 Å². The predicted octanol–water partition coefficient (Wildman–Crippen LogP) is 2.27. The van der Waals surface area contributed by atoms with Crippen molar-refractivity contribution in [3.8, 4) is 0 Å². The fourth-order valence-electron chi connectivity index (χ4n) is 1.68. The molecule has 0 radical (unpaired) electrons. The molecule has 5 heteroatoms. The first-order valence-corrected chi connectivity index (χ1v) is 6.13. The minimum absolute atomic E-state index is 0.225. The summed E-state index contributed by atoms with van der Waals surface area (Å²) in [4.78, 5) is 23.5. The van der Waals surface area contributed by atoms with E-state index >= 15 is 0 Å². The van der Waals surface area contributed by atoms with Gasteiger partial charge in [-0.15, -0.1) is 0 Å². The van der Waals surface area contributed by atoms with Crippen LogP contribution >= 0.6 is 11.5 Å². The van der Waals surface area contributed by atoms with Gasteiger partial charge in [0.15, 0.2) is 5.54 Å². The van der Waals surface area contributed by atoms with Crippen molar-refractivity contribution >= 4 is 27.6 Å². The van der Waals surface area contributed by atoms with Crippen LogP contribution in [0, 0.1) is 0 Å². The van der Waals surface area contributed by atoms with E-state index in [0.29, 0.717) is 11.8 Å². The van der Waals surface area contributed by atoms with Crippen LogP contribution in [0.2, 0.25) is 0 Å². The largest absolute Gasteiger partial charge is 0.479 e. The van der Waals surface area contributed by atoms with E-state index in [-0.39, 0.29) is 5.56 Å². The molecule has 0 aliphatic rings. The van der Waals surface area contributed by atoms with Crippen LogP contribution in [0.25, 0.3) is 10.1 Å². The summed E-state index contributed by atoms with van der Waals surface area (Å²) in [7, 11) is 0. The van der Waals surface area contributed by atoms with E-state index in [4.69, 9.17) is 0 Å². The van der Waals surface area contributed by atoms with Gasteiger partial charge in [-0.1, -0.05) is 30.6 Å². The highest BCUT2D eigenvalue weighted by Gasteiger charge is 2.35. The zero-order chi connectivity index (χ0) is 12.6. The summed E-state index contributed by atoms with van der Waals surface area (Å²) < 4.78 is 2.18. The molecule has 17 heavy (non-hydrogen) atoms. The van der Waals surface area contributed by atoms with E-state index in [1.807, 2.05) is 12.1 Å². The minimum Gasteiger partial charge on any atom is -0.479 e. The predicted molar refractivity (Wildman–Crippen MR) is 67.7 cm³/mol. The van der Waals surface area contributed by atoms with Crippen molar-refractivity contribution in [2.75, 3.05) is 0 Å². The number of rotatable bonds is 3. The Bertz CT molecular complexity index is 628. The molecule has 1 atom stereocenters. The van der Waals surface area contributed by atoms with E-state index < -0.39 is 11.5 Å². The van der Waals surface area contributed by atoms with Crippen molar-refractivity contribution in [3.05, 3.63) is 34.6 Å². The van der Waals surface area contributed by atoms with Crippen molar-refractivity contribution in [2.24, 2.45) is 0 Å². The summed E-state index contributed by atoms with van der Waals surface area (Å²) >= 11 is 1.21. The average Bonchev–Trinajstić information content (AvgIpc) is 2.67. The number of aromatic nitrogens is 1. The van der Waals surface area contributed by atoms with E-state index in [9.17, 15) is 14.7 Å². The molecule has 1 N–H and O–H groups in total. The molecule has 1 unspecified atom stereocenters. The van der Waals surface area contributed by atoms with Gasteiger partial charge in [0, 0.05) is 0 Å². The maximum Gasteiger partial charge on any atom is 0.330 e. The second kappa shape index (κ2) is 4.00. The number of nitrogens with zero attached hydrogens (tertiary/aromatic N) is 1. The molecule has 1 aromatic carbocycles. The standard InChI is InChI=1S/C12H13NO3S/c1-3-12(2,11(15)16)13-10(14)8-6-4-5-7-9(8)17-13/h4-7H,3H2,1-2H3,(H,15,16). The van der Waals surface area contributed by atoms with E-state index in [1.54, 1.807) is 26.0 Å². The first-order chi connectivity index (χ1) is 8.00. The molecule has 0 aliphatic heterocycles. The van der Waals surface area contributed by atoms with Crippen molar-refractivity contribution < 1.29 is 9.90 Å². The van der Waals surface area contributed by atoms with Gasteiger partial charge in [-0.3, -0.25) is 4.79 Å². The molecule has 0 saturated carbocycles. The van der Waals surface area contributed by atoms with Crippen LogP contribution < -0.4 is 5.56 Å². The van der Waals surface area contributed by atoms with Gasteiger partial charge in [0.2, 0.25) is 0 Å². The fraction of sp³-hybridized carbons (Fsp3) is 0.333. The van der Waals surface area contributed by atoms with Crippen LogP contribution in [0.4, 0.5) is 0 Å². The maximum absolute atomic E-state index is 12.1. The van der Waals surface area contributed by atoms with Gasteiger partial charge in [0.1, 0.15) is 0 Å². The Kier molecular flexibility index (Phi) is 2.79. The highest BCUT2D eigenvalue weighted by molar-refractivity contribution is 7.14. The van der Waals surface area contributed by atoms with E-state index in [1.165, 1.54) is 15.5 Å². The molecule has 0 fully saturated rings. The van der Waals surface area contributed by atoms with Crippen molar-refractivity contribution in [2.45, 2.75) is 25.8 Å². The quantitative estimate of drug-likeness (QED) is 0.910. The van der Waals surface area contributed by atoms with Crippen LogP contribution in [-0.2, 0) is 10.3 Å². The molecular weight excluding hydrogens is 238 g/mol. The number of hydrogen-bond donors (Lipinski definition) is 1. The Morgan fingerprint density at radius 1 is 1.47 bits per heavy atom. The third-order valence-electron chi connectivity index (χ3n) is 3.09. The smallest absolute Gasteiger partial charge is 0.330 e. The lowest BCUT2D eigenvalue weighted by Gasteiger charge is -2.22. The number of carboxylic acids is 1. The summed E-state index contributed by atoms with van der Waals surface area (Å²) in [5, 5.41) is 9.86. The fourth-order valence-corrected chi connectivity index (χ4v) is 2.86. The van der Waals surface area contributed by atoms with Gasteiger partial charge in [-0.2, -0.15) is 0 Å². The monoisotopic (exact) mass is 251 g/mol. The lowest BCUT2D eigenvalue weighted by atomic mass is 10.0. The Labute approximate surface area is 102 Å². The second-order valence-electron chi connectivity index (χ2n) is 4.12. The van der Waals surface area contributed by atoms with Gasteiger partial charge in [-0.25, -0.2) is 8.75 Å². The lowest BCUT2D eigenvalue weighted by Crippen LogP contribution is -2.42. The van der Waals surface area contributed by atoms with Crippen LogP contribution in [0.15, 0.2) is 29.1 Å². The Morgan fingerprint density at radius 2 is 2.12 bits per heavy atom. The lowest BCUT2D eigenvalue weighted by molar-refractivity contribution is -0.146. The first-order valence-electron chi connectivity index (χ1n) is 5.35. The summed E-state index contributed by atoms with van der Waals surface area (Å²) in [6.45, 7) is 3.34. The summed E-state index contributed by atoms with van der Waals surface area (Å²) in [6.07, 6.45) is 0.370. The SMILES string of the molecule is CCC(C)(C(=O)O)n1sc2ccccc2c1=O. The van der Waals surface area contributed by atoms with Crippen LogP contribution in [-0.4, -0.2) is 15.0 Å². The molecule has 1 aromatic heterocycles. The molecule has 90 valence electrons. The minimum atomic E-state index is -1.17. The number of aliphatic carboxylic acids is 1. The number of hydrogen-bond acceptors (Lipinski definition) is 3. The highest BCUT2D eigenvalue weighted by atomic mass is 32.1. The normalized spacial score (nSPS) is 14.7. The third kappa shape index (κ3) is 1.67. The van der Waals surface area contributed by atoms with Crippen LogP contribution in [0.1, 0.15) is 20.3 Å².